The highest BCUT2D eigenvalue weighted by Gasteiger charge is 2.15. The van der Waals surface area contributed by atoms with Crippen molar-refractivity contribution in [3.8, 4) is 22.4 Å². The summed E-state index contributed by atoms with van der Waals surface area (Å²) in [6, 6.07) is 18.8. The van der Waals surface area contributed by atoms with E-state index in [1.54, 1.807) is 6.26 Å². The van der Waals surface area contributed by atoms with Crippen LogP contribution in [0.4, 0.5) is 0 Å². The predicted octanol–water partition coefficient (Wildman–Crippen LogP) is 5.65. The second-order valence-electron chi connectivity index (χ2n) is 6.56. The third-order valence-corrected chi connectivity index (χ3v) is 4.86. The van der Waals surface area contributed by atoms with Crippen molar-refractivity contribution in [3.63, 3.8) is 0 Å². The Morgan fingerprint density at radius 2 is 1.77 bits per heavy atom. The molecular weight excluding hydrogens is 322 g/mol. The minimum Gasteiger partial charge on any atom is -0.462 e. The van der Waals surface area contributed by atoms with E-state index in [-0.39, 0.29) is 0 Å². The number of pyridine rings is 1. The molecule has 2 aromatic carbocycles. The van der Waals surface area contributed by atoms with Gasteiger partial charge >= 0.3 is 0 Å². The summed E-state index contributed by atoms with van der Waals surface area (Å²) in [6.07, 6.45) is 1.79. The Kier molecular flexibility index (Phi) is 3.19. The van der Waals surface area contributed by atoms with Gasteiger partial charge in [-0.05, 0) is 48.4 Å². The summed E-state index contributed by atoms with van der Waals surface area (Å²) in [6.45, 7) is 4.01. The van der Waals surface area contributed by atoms with Crippen molar-refractivity contribution in [1.29, 1.82) is 0 Å². The van der Waals surface area contributed by atoms with E-state index >= 15 is 0 Å². The first-order valence-electron chi connectivity index (χ1n) is 8.60. The molecule has 0 amide bonds. The van der Waals surface area contributed by atoms with Gasteiger partial charge in [-0.3, -0.25) is 5.10 Å². The van der Waals surface area contributed by atoms with Gasteiger partial charge < -0.3 is 4.42 Å². The van der Waals surface area contributed by atoms with E-state index in [2.05, 4.69) is 52.7 Å². The molecule has 0 atom stereocenters. The predicted molar refractivity (Wildman–Crippen MR) is 104 cm³/mol. The fourth-order valence-electron chi connectivity index (χ4n) is 3.54. The van der Waals surface area contributed by atoms with Crippen molar-refractivity contribution in [2.24, 2.45) is 0 Å². The van der Waals surface area contributed by atoms with Crippen LogP contribution in [-0.4, -0.2) is 15.2 Å². The minimum absolute atomic E-state index is 0.788. The van der Waals surface area contributed by atoms with Gasteiger partial charge in [0.2, 0.25) is 0 Å². The van der Waals surface area contributed by atoms with Crippen LogP contribution < -0.4 is 0 Å². The lowest BCUT2D eigenvalue weighted by atomic mass is 10.0. The van der Waals surface area contributed by atoms with Crippen molar-refractivity contribution in [3.05, 3.63) is 72.2 Å². The molecule has 126 valence electrons. The molecule has 3 aromatic heterocycles. The molecule has 0 spiro atoms. The molecule has 5 aromatic rings. The van der Waals surface area contributed by atoms with Crippen LogP contribution in [0.1, 0.15) is 11.4 Å². The Morgan fingerprint density at radius 1 is 0.923 bits per heavy atom. The van der Waals surface area contributed by atoms with Crippen LogP contribution in [0.5, 0.6) is 0 Å². The number of aryl methyl sites for hydroxylation is 2. The number of hydrogen-bond acceptors (Lipinski definition) is 3. The van der Waals surface area contributed by atoms with Crippen molar-refractivity contribution >= 4 is 21.9 Å². The lowest BCUT2D eigenvalue weighted by Crippen LogP contribution is -1.88. The molecule has 0 aliphatic carbocycles. The van der Waals surface area contributed by atoms with Gasteiger partial charge in [0, 0.05) is 16.8 Å². The van der Waals surface area contributed by atoms with Gasteiger partial charge in [0.1, 0.15) is 11.8 Å². The van der Waals surface area contributed by atoms with Gasteiger partial charge in [0.25, 0.3) is 0 Å². The Morgan fingerprint density at radius 3 is 2.58 bits per heavy atom. The molecule has 4 heteroatoms. The summed E-state index contributed by atoms with van der Waals surface area (Å²) >= 11 is 0. The molecule has 0 saturated heterocycles. The summed E-state index contributed by atoms with van der Waals surface area (Å²) in [5.74, 6) is 0. The molecule has 5 rings (SSSR count). The third kappa shape index (κ3) is 2.23. The second-order valence-corrected chi connectivity index (χ2v) is 6.56. The number of aromatic amines is 1. The third-order valence-electron chi connectivity index (χ3n) is 4.86. The number of hydrogen-bond donors (Lipinski definition) is 1. The van der Waals surface area contributed by atoms with Crippen molar-refractivity contribution in [2.45, 2.75) is 13.8 Å². The number of H-pyrrole nitrogens is 1. The van der Waals surface area contributed by atoms with Gasteiger partial charge in [-0.25, -0.2) is 4.98 Å². The normalized spacial score (nSPS) is 11.5. The average Bonchev–Trinajstić information content (AvgIpc) is 3.24. The highest BCUT2D eigenvalue weighted by Crippen LogP contribution is 2.33. The maximum atomic E-state index is 5.76. The molecule has 1 N–H and O–H groups in total. The van der Waals surface area contributed by atoms with Crippen LogP contribution in [0.15, 0.2) is 65.3 Å². The van der Waals surface area contributed by atoms with Crippen molar-refractivity contribution in [2.75, 3.05) is 0 Å². The molecule has 0 aliphatic rings. The maximum absolute atomic E-state index is 5.76. The van der Waals surface area contributed by atoms with E-state index in [0.717, 1.165) is 44.9 Å². The Bertz CT molecular complexity index is 1240. The molecular formula is C22H17N3O. The summed E-state index contributed by atoms with van der Waals surface area (Å²) < 4.78 is 5.76. The molecule has 4 nitrogen and oxygen atoms in total. The summed E-state index contributed by atoms with van der Waals surface area (Å²) in [4.78, 5) is 4.90. The van der Waals surface area contributed by atoms with Crippen LogP contribution in [-0.2, 0) is 0 Å². The van der Waals surface area contributed by atoms with Crippen LogP contribution in [0.2, 0.25) is 0 Å². The van der Waals surface area contributed by atoms with E-state index < -0.39 is 0 Å². The van der Waals surface area contributed by atoms with Crippen LogP contribution in [0, 0.1) is 13.8 Å². The van der Waals surface area contributed by atoms with E-state index in [1.165, 1.54) is 10.8 Å². The minimum atomic E-state index is 0.788. The molecule has 0 bridgehead atoms. The maximum Gasteiger partial charge on any atom is 0.153 e. The first-order chi connectivity index (χ1) is 12.7. The second kappa shape index (κ2) is 5.56. The first kappa shape index (κ1) is 14.9. The Labute approximate surface area is 150 Å². The number of aromatic nitrogens is 3. The van der Waals surface area contributed by atoms with Gasteiger partial charge in [0.15, 0.2) is 5.58 Å². The van der Waals surface area contributed by atoms with Crippen LogP contribution >= 0.6 is 0 Å². The lowest BCUT2D eigenvalue weighted by Gasteiger charge is -2.04. The lowest BCUT2D eigenvalue weighted by molar-refractivity contribution is 0.616. The summed E-state index contributed by atoms with van der Waals surface area (Å²) in [5, 5.41) is 9.75. The Balaban J connectivity index is 1.71. The van der Waals surface area contributed by atoms with Gasteiger partial charge in [-0.15, -0.1) is 0 Å². The SMILES string of the molecule is Cc1n[nH]c(C)c1-c1ccc2occ(-c3ccc4ccccc4c3)c2n1. The zero-order chi connectivity index (χ0) is 17.7. The summed E-state index contributed by atoms with van der Waals surface area (Å²) in [7, 11) is 0. The van der Waals surface area contributed by atoms with E-state index in [4.69, 9.17) is 9.40 Å². The largest absolute Gasteiger partial charge is 0.462 e. The Hall–Kier alpha value is -3.40. The number of nitrogens with one attached hydrogen (secondary N) is 1. The zero-order valence-electron chi connectivity index (χ0n) is 14.6. The molecule has 26 heavy (non-hydrogen) atoms. The number of rotatable bonds is 2. The average molecular weight is 339 g/mol. The number of benzene rings is 2. The fraction of sp³-hybridized carbons (Fsp3) is 0.0909. The first-order valence-corrected chi connectivity index (χ1v) is 8.60. The standard InChI is InChI=1S/C22H17N3O/c1-13-21(14(2)25-24-13)19-9-10-20-22(23-19)18(12-26-20)17-8-7-15-5-3-4-6-16(15)11-17/h3-12H,1-2H3,(H,24,25). The fourth-order valence-corrected chi connectivity index (χ4v) is 3.54. The smallest absolute Gasteiger partial charge is 0.153 e. The number of fused-ring (bicyclic) bond motifs is 2. The van der Waals surface area contributed by atoms with Gasteiger partial charge in [0.05, 0.1) is 11.4 Å². The quantitative estimate of drug-likeness (QED) is 0.452. The number of furan rings is 1. The van der Waals surface area contributed by atoms with E-state index in [9.17, 15) is 0 Å². The highest BCUT2D eigenvalue weighted by atomic mass is 16.3. The van der Waals surface area contributed by atoms with Gasteiger partial charge in [-0.1, -0.05) is 36.4 Å². The summed E-state index contributed by atoms with van der Waals surface area (Å²) in [5.41, 5.74) is 7.70. The molecule has 0 radical (unpaired) electrons. The number of nitrogens with zero attached hydrogens (tertiary/aromatic N) is 2. The molecule has 0 aliphatic heterocycles. The molecule has 0 unspecified atom stereocenters. The van der Waals surface area contributed by atoms with E-state index in [0.29, 0.717) is 0 Å². The molecule has 3 heterocycles. The molecule has 0 saturated carbocycles. The zero-order valence-corrected chi connectivity index (χ0v) is 14.6. The van der Waals surface area contributed by atoms with E-state index in [1.807, 2.05) is 26.0 Å². The van der Waals surface area contributed by atoms with Crippen LogP contribution in [0.25, 0.3) is 44.3 Å². The monoisotopic (exact) mass is 339 g/mol. The van der Waals surface area contributed by atoms with Crippen LogP contribution in [0.3, 0.4) is 0 Å². The van der Waals surface area contributed by atoms with Gasteiger partial charge in [-0.2, -0.15) is 5.10 Å². The van der Waals surface area contributed by atoms with Crippen molar-refractivity contribution in [1.82, 2.24) is 15.2 Å². The topological polar surface area (TPSA) is 54.7 Å². The highest BCUT2D eigenvalue weighted by molar-refractivity contribution is 5.95. The molecule has 0 fully saturated rings. The van der Waals surface area contributed by atoms with Crippen molar-refractivity contribution < 1.29 is 4.42 Å².